The molecule has 2 aromatic carbocycles. The van der Waals surface area contributed by atoms with Crippen LogP contribution in [0.2, 0.25) is 0 Å². The number of ketones is 1. The third-order valence-corrected chi connectivity index (χ3v) is 6.93. The van der Waals surface area contributed by atoms with Gasteiger partial charge in [0.25, 0.3) is 5.91 Å². The molecule has 0 aromatic heterocycles. The van der Waals surface area contributed by atoms with Gasteiger partial charge in [0.05, 0.1) is 11.1 Å². The molecule has 1 aliphatic rings. The van der Waals surface area contributed by atoms with E-state index < -0.39 is 35.6 Å². The number of rotatable bonds is 8. The number of carbonyl (C=O) groups excluding carboxylic acids is 3. The number of amides is 3. The van der Waals surface area contributed by atoms with Crippen molar-refractivity contribution >= 4 is 23.4 Å². The highest BCUT2D eigenvalue weighted by atomic mass is 19.4. The quantitative estimate of drug-likeness (QED) is 0.293. The summed E-state index contributed by atoms with van der Waals surface area (Å²) >= 11 is 0. The molecular weight excluding hydrogens is 540 g/mol. The molecule has 0 atom stereocenters. The number of urea groups is 1. The van der Waals surface area contributed by atoms with Gasteiger partial charge >= 0.3 is 12.2 Å². The Hall–Kier alpha value is -3.47. The molecule has 3 amide bonds. The maximum atomic E-state index is 14.7. The lowest BCUT2D eigenvalue weighted by Crippen LogP contribution is -2.48. The number of Topliss-reactive ketones (excluding diaryl/α,β-unsaturated/α-hetero) is 1. The summed E-state index contributed by atoms with van der Waals surface area (Å²) in [6, 6.07) is 10.0. The van der Waals surface area contributed by atoms with Crippen molar-refractivity contribution in [1.29, 1.82) is 0 Å². The van der Waals surface area contributed by atoms with Gasteiger partial charge in [-0.15, -0.1) is 0 Å². The van der Waals surface area contributed by atoms with Gasteiger partial charge in [-0.1, -0.05) is 52.8 Å². The van der Waals surface area contributed by atoms with Crippen molar-refractivity contribution in [1.82, 2.24) is 15.1 Å². The van der Waals surface area contributed by atoms with Crippen LogP contribution < -0.4 is 10.6 Å². The van der Waals surface area contributed by atoms with Crippen LogP contribution in [-0.2, 0) is 6.54 Å². The number of piperazine rings is 1. The molecule has 1 heterocycles. The van der Waals surface area contributed by atoms with Gasteiger partial charge in [-0.3, -0.25) is 14.5 Å². The first kappa shape index (κ1) is 32.0. The second-order valence-electron chi connectivity index (χ2n) is 12.3. The Bertz CT molecular complexity index is 1260. The zero-order valence-corrected chi connectivity index (χ0v) is 24.1. The van der Waals surface area contributed by atoms with Gasteiger partial charge in [-0.05, 0) is 35.2 Å². The summed E-state index contributed by atoms with van der Waals surface area (Å²) in [6.45, 7) is 10.6. The summed E-state index contributed by atoms with van der Waals surface area (Å²) in [5, 5.41) is 5.14. The molecular formula is C30H38F4N4O3. The normalized spacial score (nSPS) is 15.0. The first-order chi connectivity index (χ1) is 18.9. The molecule has 1 saturated heterocycles. The molecule has 0 spiro atoms. The van der Waals surface area contributed by atoms with Crippen LogP contribution in [0.5, 0.6) is 0 Å². The van der Waals surface area contributed by atoms with E-state index in [1.54, 1.807) is 17.0 Å². The molecule has 0 radical (unpaired) electrons. The van der Waals surface area contributed by atoms with Gasteiger partial charge in [0, 0.05) is 56.8 Å². The van der Waals surface area contributed by atoms with E-state index in [-0.39, 0.29) is 28.1 Å². The van der Waals surface area contributed by atoms with Crippen LogP contribution in [0.15, 0.2) is 42.5 Å². The molecule has 3 rings (SSSR count). The largest absolute Gasteiger partial charge is 0.394 e. The molecule has 0 bridgehead atoms. The topological polar surface area (TPSA) is 81.8 Å². The highest BCUT2D eigenvalue weighted by Crippen LogP contribution is 2.41. The molecule has 224 valence electrons. The van der Waals surface area contributed by atoms with Crippen LogP contribution in [0.3, 0.4) is 0 Å². The zero-order valence-electron chi connectivity index (χ0n) is 24.1. The standard InChI is InChI=1S/C30H38F4N4O3/c1-28(2,3)19-35-27(41)36-24-10-9-22(16-23(24)31)26(40)38-13-11-37(12-14-38)18-20-7-6-8-21(15-20)25(39)17-29(4,5)30(32,33)34/h6-10,15-16H,11-14,17-19H2,1-5H3,(H2,35,36,41). The van der Waals surface area contributed by atoms with E-state index >= 15 is 0 Å². The summed E-state index contributed by atoms with van der Waals surface area (Å²) in [6.07, 6.45) is -5.12. The van der Waals surface area contributed by atoms with Crippen molar-refractivity contribution < 1.29 is 31.9 Å². The smallest absolute Gasteiger partial charge is 0.337 e. The first-order valence-electron chi connectivity index (χ1n) is 13.5. The van der Waals surface area contributed by atoms with Crippen molar-refractivity contribution in [2.24, 2.45) is 10.8 Å². The number of alkyl halides is 3. The van der Waals surface area contributed by atoms with Crippen LogP contribution in [-0.4, -0.2) is 66.4 Å². The number of anilines is 1. The number of hydrogen-bond donors (Lipinski definition) is 2. The van der Waals surface area contributed by atoms with Crippen LogP contribution in [0, 0.1) is 16.6 Å². The fourth-order valence-electron chi connectivity index (χ4n) is 4.26. The Morgan fingerprint density at radius 1 is 0.878 bits per heavy atom. The summed E-state index contributed by atoms with van der Waals surface area (Å²) in [5.41, 5.74) is -1.08. The second kappa shape index (κ2) is 12.6. The number of halogens is 4. The van der Waals surface area contributed by atoms with E-state index in [0.717, 1.165) is 25.5 Å². The second-order valence-corrected chi connectivity index (χ2v) is 12.3. The van der Waals surface area contributed by atoms with Crippen molar-refractivity contribution in [2.45, 2.75) is 53.8 Å². The molecule has 0 unspecified atom stereocenters. The van der Waals surface area contributed by atoms with Gasteiger partial charge in [-0.25, -0.2) is 9.18 Å². The van der Waals surface area contributed by atoms with E-state index in [2.05, 4.69) is 15.5 Å². The Kier molecular flexibility index (Phi) is 9.84. The van der Waals surface area contributed by atoms with E-state index in [0.29, 0.717) is 39.3 Å². The van der Waals surface area contributed by atoms with Gasteiger partial charge in [-0.2, -0.15) is 13.2 Å². The van der Waals surface area contributed by atoms with Crippen molar-refractivity contribution in [3.8, 4) is 0 Å². The lowest BCUT2D eigenvalue weighted by Gasteiger charge is -2.35. The van der Waals surface area contributed by atoms with Crippen molar-refractivity contribution in [2.75, 3.05) is 38.0 Å². The predicted molar refractivity (Wildman–Crippen MR) is 149 cm³/mol. The van der Waals surface area contributed by atoms with Crippen LogP contribution >= 0.6 is 0 Å². The SMILES string of the molecule is CC(C)(C)CNC(=O)Nc1ccc(C(=O)N2CCN(Cc3cccc(C(=O)CC(C)(C)C(F)(F)F)c3)CC2)cc1F. The molecule has 2 aromatic rings. The minimum absolute atomic E-state index is 0.0274. The number of nitrogens with zero attached hydrogens (tertiary/aromatic N) is 2. The first-order valence-corrected chi connectivity index (χ1v) is 13.5. The minimum Gasteiger partial charge on any atom is -0.337 e. The maximum Gasteiger partial charge on any atom is 0.394 e. The molecule has 1 fully saturated rings. The summed E-state index contributed by atoms with van der Waals surface area (Å²) in [7, 11) is 0. The fraction of sp³-hybridized carbons (Fsp3) is 0.500. The third-order valence-electron chi connectivity index (χ3n) is 6.93. The molecule has 1 aliphatic heterocycles. The molecule has 41 heavy (non-hydrogen) atoms. The average molecular weight is 579 g/mol. The van der Waals surface area contributed by atoms with Crippen LogP contribution in [0.1, 0.15) is 67.3 Å². The van der Waals surface area contributed by atoms with Gasteiger partial charge in [0.2, 0.25) is 0 Å². The zero-order chi connectivity index (χ0) is 30.6. The third kappa shape index (κ3) is 9.01. The highest BCUT2D eigenvalue weighted by Gasteiger charge is 2.48. The number of nitrogens with one attached hydrogen (secondary N) is 2. The Labute approximate surface area is 238 Å². The molecule has 7 nitrogen and oxygen atoms in total. The minimum atomic E-state index is -4.48. The van der Waals surface area contributed by atoms with E-state index in [9.17, 15) is 31.9 Å². The molecule has 2 N–H and O–H groups in total. The van der Waals surface area contributed by atoms with Gasteiger partial charge < -0.3 is 15.5 Å². The molecule has 0 aliphatic carbocycles. The average Bonchev–Trinajstić information content (AvgIpc) is 2.87. The highest BCUT2D eigenvalue weighted by molar-refractivity contribution is 5.97. The van der Waals surface area contributed by atoms with E-state index in [1.165, 1.54) is 18.2 Å². The number of carbonyl (C=O) groups is 3. The van der Waals surface area contributed by atoms with E-state index in [1.807, 2.05) is 26.8 Å². The summed E-state index contributed by atoms with van der Waals surface area (Å²) in [5.74, 6) is -1.61. The van der Waals surface area contributed by atoms with Gasteiger partial charge in [0.15, 0.2) is 5.78 Å². The lowest BCUT2D eigenvalue weighted by atomic mass is 9.84. The maximum absolute atomic E-state index is 14.7. The van der Waals surface area contributed by atoms with E-state index in [4.69, 9.17) is 0 Å². The summed E-state index contributed by atoms with van der Waals surface area (Å²) in [4.78, 5) is 41.3. The predicted octanol–water partition coefficient (Wildman–Crippen LogP) is 6.11. The number of hydrogen-bond acceptors (Lipinski definition) is 4. The van der Waals surface area contributed by atoms with Gasteiger partial charge in [0.1, 0.15) is 5.82 Å². The monoisotopic (exact) mass is 578 g/mol. The Balaban J connectivity index is 1.54. The fourth-order valence-corrected chi connectivity index (χ4v) is 4.26. The number of benzene rings is 2. The molecule has 11 heteroatoms. The summed E-state index contributed by atoms with van der Waals surface area (Å²) < 4.78 is 54.3. The lowest BCUT2D eigenvalue weighted by molar-refractivity contribution is -0.210. The van der Waals surface area contributed by atoms with Crippen molar-refractivity contribution in [3.05, 3.63) is 65.0 Å². The van der Waals surface area contributed by atoms with Crippen molar-refractivity contribution in [3.63, 3.8) is 0 Å². The Morgan fingerprint density at radius 2 is 1.54 bits per heavy atom. The van der Waals surface area contributed by atoms with Crippen LogP contribution in [0.25, 0.3) is 0 Å². The Morgan fingerprint density at radius 3 is 2.12 bits per heavy atom. The molecule has 0 saturated carbocycles. The van der Waals surface area contributed by atoms with Crippen LogP contribution in [0.4, 0.5) is 28.0 Å².